The molecule has 0 spiro atoms. The minimum absolute atomic E-state index is 0.779. The van der Waals surface area contributed by atoms with Crippen LogP contribution in [0.4, 0.5) is 0 Å². The third kappa shape index (κ3) is 3.50. The molecule has 2 aromatic carbocycles. The molecule has 2 rings (SSSR count). The molecule has 0 aliphatic carbocycles. The summed E-state index contributed by atoms with van der Waals surface area (Å²) in [6.45, 7) is 2.11. The second-order valence-corrected chi connectivity index (χ2v) is 4.67. The molecule has 0 heterocycles. The summed E-state index contributed by atoms with van der Waals surface area (Å²) in [6, 6.07) is 14.8. The van der Waals surface area contributed by atoms with Crippen LogP contribution in [0.1, 0.15) is 16.7 Å². The number of methoxy groups -OCH3 is 2. The summed E-state index contributed by atoms with van der Waals surface area (Å²) in [4.78, 5) is 0. The molecule has 2 aromatic rings. The lowest BCUT2D eigenvalue weighted by molar-refractivity contribution is 0.354. The molecule has 0 saturated carbocycles. The highest BCUT2D eigenvalue weighted by molar-refractivity contribution is 5.43. The van der Waals surface area contributed by atoms with Crippen LogP contribution < -0.4 is 9.47 Å². The van der Waals surface area contributed by atoms with Gasteiger partial charge in [-0.05, 0) is 43.0 Å². The molecule has 0 N–H and O–H groups in total. The first kappa shape index (κ1) is 13.5. The van der Waals surface area contributed by atoms with E-state index in [-0.39, 0.29) is 0 Å². The van der Waals surface area contributed by atoms with Crippen LogP contribution in [0.3, 0.4) is 0 Å². The first-order valence-corrected chi connectivity index (χ1v) is 6.49. The van der Waals surface area contributed by atoms with Crippen LogP contribution >= 0.6 is 0 Å². The normalized spacial score (nSPS) is 10.3. The average molecular weight is 256 g/mol. The highest BCUT2D eigenvalue weighted by Gasteiger charge is 2.04. The van der Waals surface area contributed by atoms with Crippen molar-refractivity contribution < 1.29 is 9.47 Å². The number of rotatable bonds is 5. The van der Waals surface area contributed by atoms with Gasteiger partial charge in [0.15, 0.2) is 11.5 Å². The Morgan fingerprint density at radius 3 is 1.95 bits per heavy atom. The average Bonchev–Trinajstić information content (AvgIpc) is 2.46. The van der Waals surface area contributed by atoms with Crippen LogP contribution in [0.5, 0.6) is 11.5 Å². The van der Waals surface area contributed by atoms with E-state index in [1.54, 1.807) is 14.2 Å². The van der Waals surface area contributed by atoms with Gasteiger partial charge in [-0.1, -0.05) is 35.9 Å². The SMILES string of the molecule is COc1ccc(CCc2ccc(C)cc2)cc1OC. The molecule has 2 heteroatoms. The van der Waals surface area contributed by atoms with Crippen LogP contribution in [-0.4, -0.2) is 14.2 Å². The third-order valence-electron chi connectivity index (χ3n) is 3.27. The molecule has 0 unspecified atom stereocenters. The lowest BCUT2D eigenvalue weighted by atomic mass is 10.0. The molecule has 0 aliphatic rings. The molecule has 0 fully saturated rings. The summed E-state index contributed by atoms with van der Waals surface area (Å²) in [6.07, 6.45) is 2.04. The molecule has 0 aliphatic heterocycles. The Bertz CT molecular complexity index is 529. The predicted octanol–water partition coefficient (Wildman–Crippen LogP) is 3.80. The lowest BCUT2D eigenvalue weighted by Gasteiger charge is -2.09. The maximum Gasteiger partial charge on any atom is 0.160 e. The van der Waals surface area contributed by atoms with Crippen LogP contribution in [0.25, 0.3) is 0 Å². The Balaban J connectivity index is 2.05. The zero-order valence-electron chi connectivity index (χ0n) is 11.8. The van der Waals surface area contributed by atoms with E-state index in [4.69, 9.17) is 9.47 Å². The fourth-order valence-corrected chi connectivity index (χ4v) is 2.08. The molecular weight excluding hydrogens is 236 g/mol. The van der Waals surface area contributed by atoms with Gasteiger partial charge in [0, 0.05) is 0 Å². The molecular formula is C17H20O2. The zero-order chi connectivity index (χ0) is 13.7. The van der Waals surface area contributed by atoms with Crippen molar-refractivity contribution in [1.29, 1.82) is 0 Å². The van der Waals surface area contributed by atoms with E-state index >= 15 is 0 Å². The molecule has 0 saturated heterocycles. The van der Waals surface area contributed by atoms with Crippen LogP contribution in [0.2, 0.25) is 0 Å². The van der Waals surface area contributed by atoms with Gasteiger partial charge < -0.3 is 9.47 Å². The summed E-state index contributed by atoms with van der Waals surface area (Å²) in [7, 11) is 3.32. The number of hydrogen-bond acceptors (Lipinski definition) is 2. The van der Waals surface area contributed by atoms with Crippen molar-refractivity contribution >= 4 is 0 Å². The Morgan fingerprint density at radius 2 is 1.32 bits per heavy atom. The molecule has 19 heavy (non-hydrogen) atoms. The summed E-state index contributed by atoms with van der Waals surface area (Å²) in [5.41, 5.74) is 3.92. The summed E-state index contributed by atoms with van der Waals surface area (Å²) >= 11 is 0. The monoisotopic (exact) mass is 256 g/mol. The van der Waals surface area contributed by atoms with E-state index in [0.29, 0.717) is 0 Å². The van der Waals surface area contributed by atoms with E-state index in [1.807, 2.05) is 12.1 Å². The highest BCUT2D eigenvalue weighted by Crippen LogP contribution is 2.28. The van der Waals surface area contributed by atoms with Gasteiger partial charge >= 0.3 is 0 Å². The highest BCUT2D eigenvalue weighted by atomic mass is 16.5. The maximum absolute atomic E-state index is 5.32. The summed E-state index contributed by atoms with van der Waals surface area (Å²) < 4.78 is 10.6. The summed E-state index contributed by atoms with van der Waals surface area (Å²) in [5.74, 6) is 1.57. The molecule has 100 valence electrons. The van der Waals surface area contributed by atoms with Crippen molar-refractivity contribution in [2.24, 2.45) is 0 Å². The predicted molar refractivity (Wildman–Crippen MR) is 78.1 cm³/mol. The Labute approximate surface area is 115 Å². The quantitative estimate of drug-likeness (QED) is 0.810. The minimum atomic E-state index is 0.779. The Hall–Kier alpha value is -1.96. The second kappa shape index (κ2) is 6.28. The van der Waals surface area contributed by atoms with Crippen LogP contribution in [0, 0.1) is 6.92 Å². The minimum Gasteiger partial charge on any atom is -0.493 e. The molecule has 2 nitrogen and oxygen atoms in total. The van der Waals surface area contributed by atoms with Crippen molar-refractivity contribution in [1.82, 2.24) is 0 Å². The van der Waals surface area contributed by atoms with Crippen molar-refractivity contribution in [3.63, 3.8) is 0 Å². The van der Waals surface area contributed by atoms with Gasteiger partial charge in [-0.3, -0.25) is 0 Å². The van der Waals surface area contributed by atoms with Gasteiger partial charge in [-0.2, -0.15) is 0 Å². The lowest BCUT2D eigenvalue weighted by Crippen LogP contribution is -1.95. The standard InChI is InChI=1S/C17H20O2/c1-13-4-6-14(7-5-13)8-9-15-10-11-16(18-2)17(12-15)19-3/h4-7,10-12H,8-9H2,1-3H3. The van der Waals surface area contributed by atoms with Crippen LogP contribution in [-0.2, 0) is 12.8 Å². The fourth-order valence-electron chi connectivity index (χ4n) is 2.08. The fraction of sp³-hybridized carbons (Fsp3) is 0.294. The Morgan fingerprint density at radius 1 is 0.737 bits per heavy atom. The largest absolute Gasteiger partial charge is 0.493 e. The topological polar surface area (TPSA) is 18.5 Å². The number of hydrogen-bond donors (Lipinski definition) is 0. The van der Waals surface area contributed by atoms with Gasteiger partial charge in [0.05, 0.1) is 14.2 Å². The maximum atomic E-state index is 5.32. The second-order valence-electron chi connectivity index (χ2n) is 4.67. The van der Waals surface area contributed by atoms with Crippen molar-refractivity contribution in [2.75, 3.05) is 14.2 Å². The molecule has 0 radical (unpaired) electrons. The van der Waals surface area contributed by atoms with Crippen molar-refractivity contribution in [3.8, 4) is 11.5 Å². The van der Waals surface area contributed by atoms with Gasteiger partial charge in [0.25, 0.3) is 0 Å². The molecule has 0 aromatic heterocycles. The first-order chi connectivity index (χ1) is 9.22. The number of aryl methyl sites for hydroxylation is 3. The van der Waals surface area contributed by atoms with Gasteiger partial charge in [0.2, 0.25) is 0 Å². The zero-order valence-corrected chi connectivity index (χ0v) is 11.8. The third-order valence-corrected chi connectivity index (χ3v) is 3.27. The van der Waals surface area contributed by atoms with Crippen molar-refractivity contribution in [3.05, 3.63) is 59.2 Å². The first-order valence-electron chi connectivity index (χ1n) is 6.49. The van der Waals surface area contributed by atoms with E-state index < -0.39 is 0 Å². The van der Waals surface area contributed by atoms with Gasteiger partial charge in [-0.15, -0.1) is 0 Å². The molecule has 0 amide bonds. The van der Waals surface area contributed by atoms with E-state index in [2.05, 4.69) is 37.3 Å². The molecule has 0 atom stereocenters. The van der Waals surface area contributed by atoms with E-state index in [0.717, 1.165) is 24.3 Å². The Kier molecular flexibility index (Phi) is 4.45. The van der Waals surface area contributed by atoms with Crippen LogP contribution in [0.15, 0.2) is 42.5 Å². The number of benzene rings is 2. The summed E-state index contributed by atoms with van der Waals surface area (Å²) in [5, 5.41) is 0. The van der Waals surface area contributed by atoms with E-state index in [1.165, 1.54) is 16.7 Å². The van der Waals surface area contributed by atoms with Crippen molar-refractivity contribution in [2.45, 2.75) is 19.8 Å². The van der Waals surface area contributed by atoms with Gasteiger partial charge in [-0.25, -0.2) is 0 Å². The van der Waals surface area contributed by atoms with Gasteiger partial charge in [0.1, 0.15) is 0 Å². The van der Waals surface area contributed by atoms with E-state index in [9.17, 15) is 0 Å². The number of ether oxygens (including phenoxy) is 2. The smallest absolute Gasteiger partial charge is 0.160 e. The molecule has 0 bridgehead atoms.